The molecule has 7 heteroatoms. The summed E-state index contributed by atoms with van der Waals surface area (Å²) in [6, 6.07) is 7.10. The van der Waals surface area contributed by atoms with Gasteiger partial charge in [0.2, 0.25) is 11.7 Å². The second-order valence-corrected chi connectivity index (χ2v) is 5.53. The van der Waals surface area contributed by atoms with Crippen LogP contribution >= 0.6 is 0 Å². The van der Waals surface area contributed by atoms with Gasteiger partial charge in [-0.2, -0.15) is 4.98 Å². The van der Waals surface area contributed by atoms with Crippen molar-refractivity contribution < 1.29 is 14.1 Å². The molecule has 1 heterocycles. The van der Waals surface area contributed by atoms with Gasteiger partial charge in [0.25, 0.3) is 0 Å². The molecule has 2 aromatic rings. The fourth-order valence-corrected chi connectivity index (χ4v) is 1.88. The van der Waals surface area contributed by atoms with Crippen LogP contribution in [0.15, 0.2) is 28.8 Å². The normalized spacial score (nSPS) is 10.6. The lowest BCUT2D eigenvalue weighted by molar-refractivity contribution is 0.238. The number of carbonyl (C=O) groups excluding carboxylic acids is 1. The number of amides is 2. The number of nitrogens with one attached hydrogen (secondary N) is 2. The van der Waals surface area contributed by atoms with Crippen molar-refractivity contribution in [2.24, 2.45) is 5.92 Å². The first-order valence-electron chi connectivity index (χ1n) is 7.57. The van der Waals surface area contributed by atoms with Gasteiger partial charge in [0, 0.05) is 12.1 Å². The van der Waals surface area contributed by atoms with Crippen LogP contribution in [0.1, 0.15) is 26.2 Å². The van der Waals surface area contributed by atoms with E-state index in [4.69, 9.17) is 9.26 Å². The van der Waals surface area contributed by atoms with Crippen LogP contribution in [-0.4, -0.2) is 29.8 Å². The summed E-state index contributed by atoms with van der Waals surface area (Å²) in [4.78, 5) is 15.9. The van der Waals surface area contributed by atoms with Gasteiger partial charge in [-0.05, 0) is 36.6 Å². The summed E-state index contributed by atoms with van der Waals surface area (Å²) in [5, 5.41) is 9.38. The molecule has 0 radical (unpaired) electrons. The molecule has 124 valence electrons. The van der Waals surface area contributed by atoms with Crippen LogP contribution < -0.4 is 15.4 Å². The highest BCUT2D eigenvalue weighted by atomic mass is 16.5. The highest BCUT2D eigenvalue weighted by Crippen LogP contribution is 2.19. The molecule has 0 atom stereocenters. The minimum Gasteiger partial charge on any atom is -0.497 e. The molecule has 0 aliphatic carbocycles. The van der Waals surface area contributed by atoms with Crippen molar-refractivity contribution >= 4 is 6.03 Å². The molecule has 0 aliphatic rings. The summed E-state index contributed by atoms with van der Waals surface area (Å²) in [7, 11) is 1.61. The van der Waals surface area contributed by atoms with E-state index in [2.05, 4.69) is 34.6 Å². The monoisotopic (exact) mass is 318 g/mol. The van der Waals surface area contributed by atoms with Crippen LogP contribution in [0.5, 0.6) is 5.75 Å². The van der Waals surface area contributed by atoms with Gasteiger partial charge in [-0.25, -0.2) is 4.79 Å². The van der Waals surface area contributed by atoms with E-state index in [0.717, 1.165) is 17.7 Å². The van der Waals surface area contributed by atoms with Gasteiger partial charge in [-0.3, -0.25) is 0 Å². The second kappa shape index (κ2) is 8.17. The molecule has 2 rings (SSSR count). The van der Waals surface area contributed by atoms with Crippen molar-refractivity contribution in [3.05, 3.63) is 30.2 Å². The number of benzene rings is 1. The largest absolute Gasteiger partial charge is 0.497 e. The van der Waals surface area contributed by atoms with Crippen LogP contribution in [0, 0.1) is 5.92 Å². The predicted octanol–water partition coefficient (Wildman–Crippen LogP) is 2.59. The number of hydrogen-bond acceptors (Lipinski definition) is 5. The molecule has 0 aliphatic heterocycles. The Morgan fingerprint density at radius 2 is 2.00 bits per heavy atom. The average molecular weight is 318 g/mol. The first kappa shape index (κ1) is 16.8. The van der Waals surface area contributed by atoms with Crippen LogP contribution in [0.2, 0.25) is 0 Å². The smallest absolute Gasteiger partial charge is 0.315 e. The molecule has 0 saturated carbocycles. The minimum absolute atomic E-state index is 0.191. The summed E-state index contributed by atoms with van der Waals surface area (Å²) in [6.07, 6.45) is 0.940. The third kappa shape index (κ3) is 5.28. The van der Waals surface area contributed by atoms with Gasteiger partial charge in [0.1, 0.15) is 5.75 Å². The Balaban J connectivity index is 1.83. The Morgan fingerprint density at radius 3 is 2.65 bits per heavy atom. The zero-order chi connectivity index (χ0) is 16.7. The molecule has 1 aromatic carbocycles. The van der Waals surface area contributed by atoms with Gasteiger partial charge in [0.05, 0.1) is 13.7 Å². The maximum atomic E-state index is 11.6. The standard InChI is InChI=1S/C16H22N4O3/c1-11(2)8-9-17-16(21)18-10-14-19-15(20-23-14)12-4-6-13(22-3)7-5-12/h4-7,11H,8-10H2,1-3H3,(H2,17,18,21). The Labute approximate surface area is 135 Å². The molecule has 2 N–H and O–H groups in total. The van der Waals surface area contributed by atoms with E-state index in [1.165, 1.54) is 0 Å². The molecule has 0 saturated heterocycles. The number of aromatic nitrogens is 2. The summed E-state index contributed by atoms with van der Waals surface area (Å²) in [5.41, 5.74) is 0.821. The number of carbonyl (C=O) groups is 1. The summed E-state index contributed by atoms with van der Waals surface area (Å²) >= 11 is 0. The van der Waals surface area contributed by atoms with Gasteiger partial charge in [0.15, 0.2) is 0 Å². The molecule has 0 fully saturated rings. The van der Waals surface area contributed by atoms with E-state index in [9.17, 15) is 4.79 Å². The molecule has 23 heavy (non-hydrogen) atoms. The summed E-state index contributed by atoms with van der Waals surface area (Å²) < 4.78 is 10.2. The van der Waals surface area contributed by atoms with Gasteiger partial charge < -0.3 is 19.9 Å². The number of methoxy groups -OCH3 is 1. The zero-order valence-electron chi connectivity index (χ0n) is 13.6. The second-order valence-electron chi connectivity index (χ2n) is 5.53. The van der Waals surface area contributed by atoms with Crippen molar-refractivity contribution in [2.45, 2.75) is 26.8 Å². The fraction of sp³-hybridized carbons (Fsp3) is 0.438. The SMILES string of the molecule is COc1ccc(-c2noc(CNC(=O)NCCC(C)C)n2)cc1. The molecule has 2 amide bonds. The van der Waals surface area contributed by atoms with Crippen LogP contribution in [0.4, 0.5) is 4.79 Å². The Morgan fingerprint density at radius 1 is 1.26 bits per heavy atom. The third-order valence-corrected chi connectivity index (χ3v) is 3.22. The highest BCUT2D eigenvalue weighted by molar-refractivity contribution is 5.73. The van der Waals surface area contributed by atoms with Crippen molar-refractivity contribution in [1.82, 2.24) is 20.8 Å². The molecule has 7 nitrogen and oxygen atoms in total. The van der Waals surface area contributed by atoms with Gasteiger partial charge in [-0.15, -0.1) is 0 Å². The summed E-state index contributed by atoms with van der Waals surface area (Å²) in [5.74, 6) is 2.15. The van der Waals surface area contributed by atoms with Crippen molar-refractivity contribution in [3.8, 4) is 17.1 Å². The first-order valence-corrected chi connectivity index (χ1v) is 7.57. The quantitative estimate of drug-likeness (QED) is 0.819. The number of hydrogen-bond donors (Lipinski definition) is 2. The molecule has 0 unspecified atom stereocenters. The maximum absolute atomic E-state index is 11.6. The molecular formula is C16H22N4O3. The molecule has 1 aromatic heterocycles. The average Bonchev–Trinajstić information content (AvgIpc) is 3.01. The predicted molar refractivity (Wildman–Crippen MR) is 86.0 cm³/mol. The number of rotatable bonds is 7. The number of nitrogens with zero attached hydrogens (tertiary/aromatic N) is 2. The van der Waals surface area contributed by atoms with E-state index in [-0.39, 0.29) is 12.6 Å². The highest BCUT2D eigenvalue weighted by Gasteiger charge is 2.10. The maximum Gasteiger partial charge on any atom is 0.315 e. The Hall–Kier alpha value is -2.57. The minimum atomic E-state index is -0.241. The van der Waals surface area contributed by atoms with E-state index < -0.39 is 0 Å². The molecule has 0 spiro atoms. The van der Waals surface area contributed by atoms with Crippen LogP contribution in [0.25, 0.3) is 11.4 Å². The Bertz CT molecular complexity index is 623. The van der Waals surface area contributed by atoms with Gasteiger partial charge in [-0.1, -0.05) is 19.0 Å². The Kier molecular flexibility index (Phi) is 5.96. The van der Waals surface area contributed by atoms with E-state index >= 15 is 0 Å². The fourth-order valence-electron chi connectivity index (χ4n) is 1.88. The van der Waals surface area contributed by atoms with Gasteiger partial charge >= 0.3 is 6.03 Å². The van der Waals surface area contributed by atoms with Crippen LogP contribution in [-0.2, 0) is 6.54 Å². The van der Waals surface area contributed by atoms with E-state index in [0.29, 0.717) is 24.2 Å². The molecular weight excluding hydrogens is 296 g/mol. The van der Waals surface area contributed by atoms with E-state index in [1.807, 2.05) is 24.3 Å². The zero-order valence-corrected chi connectivity index (χ0v) is 13.6. The molecule has 0 bridgehead atoms. The van der Waals surface area contributed by atoms with Crippen molar-refractivity contribution in [1.29, 1.82) is 0 Å². The van der Waals surface area contributed by atoms with Crippen LogP contribution in [0.3, 0.4) is 0 Å². The lowest BCUT2D eigenvalue weighted by Gasteiger charge is -2.07. The lowest BCUT2D eigenvalue weighted by Crippen LogP contribution is -2.36. The van der Waals surface area contributed by atoms with Crippen molar-refractivity contribution in [2.75, 3.05) is 13.7 Å². The number of ether oxygens (including phenoxy) is 1. The third-order valence-electron chi connectivity index (χ3n) is 3.22. The number of urea groups is 1. The topological polar surface area (TPSA) is 89.3 Å². The summed E-state index contributed by atoms with van der Waals surface area (Å²) in [6.45, 7) is 5.05. The first-order chi connectivity index (χ1) is 11.1. The lowest BCUT2D eigenvalue weighted by atomic mass is 10.1. The van der Waals surface area contributed by atoms with Crippen molar-refractivity contribution in [3.63, 3.8) is 0 Å². The van der Waals surface area contributed by atoms with E-state index in [1.54, 1.807) is 7.11 Å².